The maximum absolute atomic E-state index is 13.0. The lowest BCUT2D eigenvalue weighted by molar-refractivity contribution is -0.141. The number of rotatable bonds is 12. The van der Waals surface area contributed by atoms with Gasteiger partial charge in [-0.15, -0.1) is 0 Å². The summed E-state index contributed by atoms with van der Waals surface area (Å²) in [5.74, 6) is 0.264. The zero-order chi connectivity index (χ0) is 38.2. The van der Waals surface area contributed by atoms with E-state index in [1.807, 2.05) is 51.1 Å². The Kier molecular flexibility index (Phi) is 11.7. The van der Waals surface area contributed by atoms with Crippen molar-refractivity contribution in [3.63, 3.8) is 0 Å². The number of piperazine rings is 1. The molecule has 1 amide bonds. The first kappa shape index (κ1) is 37.7. The Hall–Kier alpha value is -6.07. The number of aromatic nitrogens is 3. The Morgan fingerprint density at radius 2 is 1.67 bits per heavy atom. The Morgan fingerprint density at radius 1 is 0.926 bits per heavy atom. The molecule has 2 aliphatic heterocycles. The number of carbonyl (C=O) groups is 2. The van der Waals surface area contributed by atoms with Crippen molar-refractivity contribution in [3.05, 3.63) is 100 Å². The maximum Gasteiger partial charge on any atom is 0.410 e. The van der Waals surface area contributed by atoms with Crippen molar-refractivity contribution in [2.24, 2.45) is 4.99 Å². The monoisotopic (exact) mass is 730 g/mol. The highest BCUT2D eigenvalue weighted by atomic mass is 16.6. The first-order chi connectivity index (χ1) is 25.9. The van der Waals surface area contributed by atoms with Crippen LogP contribution in [0.3, 0.4) is 0 Å². The molecular formula is C40H46N10O4. The number of benzene rings is 3. The third-order valence-corrected chi connectivity index (χ3v) is 8.91. The van der Waals surface area contributed by atoms with Crippen LogP contribution in [0, 0.1) is 13.5 Å². The van der Waals surface area contributed by atoms with E-state index in [1.165, 1.54) is 12.7 Å². The average molecular weight is 731 g/mol. The van der Waals surface area contributed by atoms with Crippen molar-refractivity contribution in [1.29, 1.82) is 0 Å². The molecule has 1 fully saturated rings. The second-order valence-electron chi connectivity index (χ2n) is 14.4. The fraction of sp³-hybridized carbons (Fsp3) is 0.375. The highest BCUT2D eigenvalue weighted by molar-refractivity contribution is 5.96. The van der Waals surface area contributed by atoms with Crippen LogP contribution in [0.25, 0.3) is 4.85 Å². The number of hydrogen-bond donors (Lipinski definition) is 3. The molecule has 54 heavy (non-hydrogen) atoms. The van der Waals surface area contributed by atoms with Gasteiger partial charge in [0.25, 0.3) is 0 Å². The first-order valence-corrected chi connectivity index (χ1v) is 18.0. The number of carbonyl (C=O) groups excluding carboxylic acids is 2. The minimum atomic E-state index is -0.812. The van der Waals surface area contributed by atoms with E-state index in [2.05, 4.69) is 71.8 Å². The summed E-state index contributed by atoms with van der Waals surface area (Å²) in [7, 11) is 1.34. The molecule has 280 valence electrons. The minimum absolute atomic E-state index is 0.175. The number of aliphatic imine (C=N–C) groups is 1. The molecule has 14 heteroatoms. The van der Waals surface area contributed by atoms with Gasteiger partial charge in [-0.1, -0.05) is 48.5 Å². The van der Waals surface area contributed by atoms with Crippen LogP contribution in [0.4, 0.5) is 39.7 Å². The number of nitrogens with zero attached hydrogens (tertiary/aromatic N) is 7. The normalized spacial score (nSPS) is 14.7. The Morgan fingerprint density at radius 3 is 2.39 bits per heavy atom. The number of anilines is 4. The molecule has 2 aliphatic rings. The Balaban J connectivity index is 1.18. The van der Waals surface area contributed by atoms with Crippen molar-refractivity contribution in [3.8, 4) is 0 Å². The fourth-order valence-electron chi connectivity index (χ4n) is 6.20. The second-order valence-corrected chi connectivity index (χ2v) is 14.4. The molecule has 0 saturated carbocycles. The molecule has 0 spiro atoms. The van der Waals surface area contributed by atoms with Gasteiger partial charge >= 0.3 is 12.1 Å². The third-order valence-electron chi connectivity index (χ3n) is 8.91. The number of esters is 1. The second kappa shape index (κ2) is 16.7. The summed E-state index contributed by atoms with van der Waals surface area (Å²) in [6, 6.07) is 20.5. The summed E-state index contributed by atoms with van der Waals surface area (Å²) in [6.45, 7) is 18.7. The van der Waals surface area contributed by atoms with Gasteiger partial charge in [-0.05, 0) is 68.1 Å². The van der Waals surface area contributed by atoms with Gasteiger partial charge in [0.2, 0.25) is 17.8 Å². The predicted molar refractivity (Wildman–Crippen MR) is 209 cm³/mol. The lowest BCUT2D eigenvalue weighted by Crippen LogP contribution is -2.49. The van der Waals surface area contributed by atoms with Crippen molar-refractivity contribution in [2.45, 2.75) is 58.7 Å². The van der Waals surface area contributed by atoms with Crippen LogP contribution >= 0.6 is 0 Å². The van der Waals surface area contributed by atoms with Gasteiger partial charge < -0.3 is 30.3 Å². The van der Waals surface area contributed by atoms with Crippen LogP contribution in [0.5, 0.6) is 0 Å². The molecular weight excluding hydrogens is 685 g/mol. The summed E-state index contributed by atoms with van der Waals surface area (Å²) in [5, 5.41) is 9.80. The topological polar surface area (TPSA) is 151 Å². The largest absolute Gasteiger partial charge is 0.467 e. The molecule has 3 aromatic carbocycles. The van der Waals surface area contributed by atoms with Crippen molar-refractivity contribution in [1.82, 2.24) is 24.8 Å². The Labute approximate surface area is 315 Å². The molecule has 1 aromatic heterocycles. The van der Waals surface area contributed by atoms with E-state index in [9.17, 15) is 9.59 Å². The highest BCUT2D eigenvalue weighted by Gasteiger charge is 2.26. The minimum Gasteiger partial charge on any atom is -0.467 e. The van der Waals surface area contributed by atoms with E-state index in [0.717, 1.165) is 53.3 Å². The van der Waals surface area contributed by atoms with Gasteiger partial charge in [0.15, 0.2) is 5.69 Å². The number of fused-ring (bicyclic) bond motifs is 1. The Bertz CT molecular complexity index is 2050. The van der Waals surface area contributed by atoms with Crippen molar-refractivity contribution in [2.75, 3.05) is 55.8 Å². The van der Waals surface area contributed by atoms with E-state index in [1.54, 1.807) is 17.0 Å². The average Bonchev–Trinajstić information content (AvgIpc) is 3.55. The molecule has 3 heterocycles. The SMILES string of the molecule is [C-]#[N+]c1ccc(C[C@H](Nc2nc(NCC3=Nc4cc(C)ccc4C3)nc(Nc3cccc(CN4CCN(C(=O)OC(C)(C)C)CC4)c3)n2)C(=O)OC)cc1. The standard InChI is InChI=1S/C40H46N10O4/c1-26-10-13-29-23-32(43-33(29)20-26)24-42-36-46-37(48-38(47-36)45-34(35(51)53-6)22-27-11-14-30(41-5)15-12-27)44-31-9-7-8-28(21-31)25-49-16-18-50(19-17-49)39(52)54-40(2,3)4/h7-15,20-21,34H,16-19,22-25H2,1-4,6H3,(H3,42,44,45,46,47,48)/t34-/m0/s1. The van der Waals surface area contributed by atoms with Gasteiger partial charge in [-0.2, -0.15) is 15.0 Å². The third kappa shape index (κ3) is 10.3. The van der Waals surface area contributed by atoms with Gasteiger partial charge in [-0.25, -0.2) is 14.4 Å². The van der Waals surface area contributed by atoms with E-state index in [-0.39, 0.29) is 24.4 Å². The zero-order valence-corrected chi connectivity index (χ0v) is 31.3. The number of nitrogens with one attached hydrogen (secondary N) is 3. The number of ether oxygens (including phenoxy) is 2. The highest BCUT2D eigenvalue weighted by Crippen LogP contribution is 2.28. The van der Waals surface area contributed by atoms with E-state index >= 15 is 0 Å². The van der Waals surface area contributed by atoms with Gasteiger partial charge in [0.05, 0.1) is 25.9 Å². The van der Waals surface area contributed by atoms with E-state index < -0.39 is 17.6 Å². The molecule has 0 radical (unpaired) electrons. The summed E-state index contributed by atoms with van der Waals surface area (Å²) in [4.78, 5) is 51.8. The van der Waals surface area contributed by atoms with Gasteiger partial charge in [-0.3, -0.25) is 9.89 Å². The lowest BCUT2D eigenvalue weighted by atomic mass is 10.1. The molecule has 14 nitrogen and oxygen atoms in total. The van der Waals surface area contributed by atoms with E-state index in [0.29, 0.717) is 37.8 Å². The van der Waals surface area contributed by atoms with Crippen LogP contribution < -0.4 is 16.0 Å². The van der Waals surface area contributed by atoms with Crippen molar-refractivity contribution >= 4 is 52.7 Å². The zero-order valence-electron chi connectivity index (χ0n) is 31.3. The number of amides is 1. The lowest BCUT2D eigenvalue weighted by Gasteiger charge is -2.35. The summed E-state index contributed by atoms with van der Waals surface area (Å²) >= 11 is 0. The smallest absolute Gasteiger partial charge is 0.410 e. The molecule has 0 bridgehead atoms. The molecule has 3 N–H and O–H groups in total. The van der Waals surface area contributed by atoms with E-state index in [4.69, 9.17) is 21.0 Å². The van der Waals surface area contributed by atoms with Crippen LogP contribution in [-0.4, -0.2) is 94.0 Å². The van der Waals surface area contributed by atoms with Crippen LogP contribution in [0.15, 0.2) is 71.7 Å². The van der Waals surface area contributed by atoms with Crippen LogP contribution in [0.2, 0.25) is 0 Å². The molecule has 6 rings (SSSR count). The fourth-order valence-corrected chi connectivity index (χ4v) is 6.20. The number of hydrogen-bond acceptors (Lipinski definition) is 12. The summed E-state index contributed by atoms with van der Waals surface area (Å²) in [5.41, 5.74) is 6.95. The summed E-state index contributed by atoms with van der Waals surface area (Å²) in [6.07, 6.45) is 0.728. The quantitative estimate of drug-likeness (QED) is 0.109. The van der Waals surface area contributed by atoms with Crippen LogP contribution in [-0.2, 0) is 33.7 Å². The molecule has 1 atom stereocenters. The first-order valence-electron chi connectivity index (χ1n) is 18.0. The summed E-state index contributed by atoms with van der Waals surface area (Å²) < 4.78 is 10.7. The molecule has 0 unspecified atom stereocenters. The predicted octanol–water partition coefficient (Wildman–Crippen LogP) is 6.46. The number of methoxy groups -OCH3 is 1. The van der Waals surface area contributed by atoms with Gasteiger partial charge in [0.1, 0.15) is 11.6 Å². The molecule has 1 saturated heterocycles. The molecule has 4 aromatic rings. The number of aryl methyl sites for hydroxylation is 1. The maximum atomic E-state index is 13.0. The van der Waals surface area contributed by atoms with Crippen molar-refractivity contribution < 1.29 is 19.1 Å². The van der Waals surface area contributed by atoms with Gasteiger partial charge in [0, 0.05) is 57.0 Å². The van der Waals surface area contributed by atoms with Crippen LogP contribution in [0.1, 0.15) is 43.0 Å². The molecule has 0 aliphatic carbocycles.